The van der Waals surface area contributed by atoms with E-state index >= 15 is 0 Å². The van der Waals surface area contributed by atoms with Crippen LogP contribution in [0.25, 0.3) is 0 Å². The lowest BCUT2D eigenvalue weighted by atomic mass is 9.48. The SMILES string of the molecule is COc1ccc(C23CC4CC(CC(C4)C2)C3)cc1C(=O)Nc1ccccc1C. The van der Waals surface area contributed by atoms with Gasteiger partial charge in [0.05, 0.1) is 12.7 Å². The Morgan fingerprint density at radius 1 is 1.00 bits per heavy atom. The molecule has 4 bridgehead atoms. The summed E-state index contributed by atoms with van der Waals surface area (Å²) in [6.45, 7) is 2.01. The lowest BCUT2D eigenvalue weighted by Gasteiger charge is -2.57. The number of hydrogen-bond acceptors (Lipinski definition) is 2. The van der Waals surface area contributed by atoms with Crippen molar-refractivity contribution in [3.05, 3.63) is 59.2 Å². The van der Waals surface area contributed by atoms with Gasteiger partial charge < -0.3 is 10.1 Å². The van der Waals surface area contributed by atoms with Crippen molar-refractivity contribution in [2.75, 3.05) is 12.4 Å². The predicted molar refractivity (Wildman–Crippen MR) is 112 cm³/mol. The van der Waals surface area contributed by atoms with Crippen LogP contribution < -0.4 is 10.1 Å². The van der Waals surface area contributed by atoms with Crippen molar-refractivity contribution in [2.45, 2.75) is 50.9 Å². The number of para-hydroxylation sites is 1. The monoisotopic (exact) mass is 375 g/mol. The molecule has 3 heteroatoms. The van der Waals surface area contributed by atoms with Gasteiger partial charge in [0.25, 0.3) is 5.91 Å². The minimum absolute atomic E-state index is 0.0854. The fraction of sp³-hybridized carbons (Fsp3) is 0.480. The molecule has 4 aliphatic carbocycles. The zero-order valence-corrected chi connectivity index (χ0v) is 16.8. The topological polar surface area (TPSA) is 38.3 Å². The van der Waals surface area contributed by atoms with E-state index in [1.54, 1.807) is 7.11 Å². The Morgan fingerprint density at radius 3 is 2.25 bits per heavy atom. The van der Waals surface area contributed by atoms with Crippen molar-refractivity contribution in [2.24, 2.45) is 17.8 Å². The summed E-state index contributed by atoms with van der Waals surface area (Å²) >= 11 is 0. The van der Waals surface area contributed by atoms with Gasteiger partial charge in [-0.2, -0.15) is 0 Å². The van der Waals surface area contributed by atoms with Crippen molar-refractivity contribution < 1.29 is 9.53 Å². The van der Waals surface area contributed by atoms with Crippen LogP contribution in [-0.4, -0.2) is 13.0 Å². The summed E-state index contributed by atoms with van der Waals surface area (Å²) in [5.74, 6) is 3.23. The molecular weight excluding hydrogens is 346 g/mol. The van der Waals surface area contributed by atoms with E-state index in [0.717, 1.165) is 29.0 Å². The van der Waals surface area contributed by atoms with Gasteiger partial charge in [-0.3, -0.25) is 4.79 Å². The highest BCUT2D eigenvalue weighted by molar-refractivity contribution is 6.06. The Hall–Kier alpha value is -2.29. The fourth-order valence-corrected chi connectivity index (χ4v) is 6.58. The molecule has 28 heavy (non-hydrogen) atoms. The summed E-state index contributed by atoms with van der Waals surface area (Å²) in [6, 6.07) is 14.2. The van der Waals surface area contributed by atoms with Gasteiger partial charge >= 0.3 is 0 Å². The summed E-state index contributed by atoms with van der Waals surface area (Å²) in [5, 5.41) is 3.08. The first-order valence-electron chi connectivity index (χ1n) is 10.6. The lowest BCUT2D eigenvalue weighted by Crippen LogP contribution is -2.48. The molecule has 2 aromatic rings. The van der Waals surface area contributed by atoms with Crippen molar-refractivity contribution >= 4 is 11.6 Å². The Labute approximate surface area is 167 Å². The van der Waals surface area contributed by atoms with Gasteiger partial charge in [0.2, 0.25) is 0 Å². The van der Waals surface area contributed by atoms with Gasteiger partial charge in [0.1, 0.15) is 5.75 Å². The highest BCUT2D eigenvalue weighted by Crippen LogP contribution is 2.60. The number of carbonyl (C=O) groups is 1. The maximum atomic E-state index is 13.1. The van der Waals surface area contributed by atoms with Gasteiger partial charge in [0, 0.05) is 5.69 Å². The summed E-state index contributed by atoms with van der Waals surface area (Å²) in [7, 11) is 1.64. The van der Waals surface area contributed by atoms with Crippen LogP contribution in [0, 0.1) is 24.7 Å². The minimum Gasteiger partial charge on any atom is -0.496 e. The summed E-state index contributed by atoms with van der Waals surface area (Å²) in [6.07, 6.45) is 8.17. The fourth-order valence-electron chi connectivity index (χ4n) is 6.58. The Kier molecular flexibility index (Phi) is 4.22. The number of nitrogens with one attached hydrogen (secondary N) is 1. The zero-order chi connectivity index (χ0) is 19.3. The molecule has 4 fully saturated rings. The highest BCUT2D eigenvalue weighted by atomic mass is 16.5. The molecule has 0 atom stereocenters. The molecule has 0 aromatic heterocycles. The van der Waals surface area contributed by atoms with Gasteiger partial charge in [-0.15, -0.1) is 0 Å². The third-order valence-corrected chi connectivity index (χ3v) is 7.49. The minimum atomic E-state index is -0.0854. The second-order valence-corrected chi connectivity index (χ2v) is 9.38. The van der Waals surface area contributed by atoms with E-state index < -0.39 is 0 Å². The molecule has 3 nitrogen and oxygen atoms in total. The number of amides is 1. The Morgan fingerprint density at radius 2 is 1.64 bits per heavy atom. The van der Waals surface area contributed by atoms with Gasteiger partial charge in [0.15, 0.2) is 0 Å². The average molecular weight is 376 g/mol. The molecule has 0 radical (unpaired) electrons. The van der Waals surface area contributed by atoms with E-state index in [-0.39, 0.29) is 11.3 Å². The Bertz CT molecular complexity index is 881. The van der Waals surface area contributed by atoms with E-state index in [4.69, 9.17) is 4.74 Å². The predicted octanol–water partition coefficient (Wildman–Crippen LogP) is 5.72. The molecule has 146 valence electrons. The van der Waals surface area contributed by atoms with Crippen LogP contribution in [0.4, 0.5) is 5.69 Å². The first-order valence-corrected chi connectivity index (χ1v) is 10.6. The summed E-state index contributed by atoms with van der Waals surface area (Å²) in [4.78, 5) is 13.1. The molecule has 4 saturated carbocycles. The maximum absolute atomic E-state index is 13.1. The van der Waals surface area contributed by atoms with Crippen molar-refractivity contribution in [1.29, 1.82) is 0 Å². The number of ether oxygens (including phenoxy) is 1. The first kappa shape index (κ1) is 17.8. The molecule has 1 N–H and O–H groups in total. The van der Waals surface area contributed by atoms with Gasteiger partial charge in [-0.25, -0.2) is 0 Å². The van der Waals surface area contributed by atoms with Crippen LogP contribution in [0.2, 0.25) is 0 Å². The Balaban J connectivity index is 1.49. The van der Waals surface area contributed by atoms with Gasteiger partial charge in [-0.05, 0) is 97.9 Å². The van der Waals surface area contributed by atoms with E-state index in [0.29, 0.717) is 11.3 Å². The number of methoxy groups -OCH3 is 1. The van der Waals surface area contributed by atoms with E-state index in [1.807, 2.05) is 37.3 Å². The first-order chi connectivity index (χ1) is 13.6. The third kappa shape index (κ3) is 2.92. The molecule has 4 aliphatic rings. The van der Waals surface area contributed by atoms with E-state index in [9.17, 15) is 4.79 Å². The molecule has 0 aliphatic heterocycles. The van der Waals surface area contributed by atoms with Crippen LogP contribution in [0.5, 0.6) is 5.75 Å². The van der Waals surface area contributed by atoms with Gasteiger partial charge in [-0.1, -0.05) is 24.3 Å². The number of aryl methyl sites for hydroxylation is 1. The van der Waals surface area contributed by atoms with Crippen molar-refractivity contribution in [3.63, 3.8) is 0 Å². The molecule has 0 saturated heterocycles. The smallest absolute Gasteiger partial charge is 0.259 e. The lowest BCUT2D eigenvalue weighted by molar-refractivity contribution is -0.00521. The maximum Gasteiger partial charge on any atom is 0.259 e. The van der Waals surface area contributed by atoms with Crippen molar-refractivity contribution in [3.8, 4) is 5.75 Å². The summed E-state index contributed by atoms with van der Waals surface area (Å²) < 4.78 is 5.55. The molecular formula is C25H29NO2. The molecule has 0 unspecified atom stereocenters. The number of carbonyl (C=O) groups excluding carboxylic acids is 1. The van der Waals surface area contributed by atoms with Crippen LogP contribution in [0.1, 0.15) is 60.0 Å². The molecule has 2 aromatic carbocycles. The average Bonchev–Trinajstić information content (AvgIpc) is 2.68. The second kappa shape index (κ2) is 6.65. The van der Waals surface area contributed by atoms with Crippen LogP contribution in [0.15, 0.2) is 42.5 Å². The molecule has 6 rings (SSSR count). The number of anilines is 1. The zero-order valence-electron chi connectivity index (χ0n) is 16.8. The van der Waals surface area contributed by atoms with Crippen LogP contribution >= 0.6 is 0 Å². The number of rotatable bonds is 4. The van der Waals surface area contributed by atoms with Crippen LogP contribution in [0.3, 0.4) is 0 Å². The van der Waals surface area contributed by atoms with E-state index in [1.165, 1.54) is 44.1 Å². The van der Waals surface area contributed by atoms with Crippen molar-refractivity contribution in [1.82, 2.24) is 0 Å². The third-order valence-electron chi connectivity index (χ3n) is 7.49. The molecule has 0 heterocycles. The molecule has 0 spiro atoms. The summed E-state index contributed by atoms with van der Waals surface area (Å²) in [5.41, 5.74) is 4.20. The number of benzene rings is 2. The molecule has 1 amide bonds. The highest BCUT2D eigenvalue weighted by Gasteiger charge is 2.51. The number of hydrogen-bond donors (Lipinski definition) is 1. The quantitative estimate of drug-likeness (QED) is 0.742. The van der Waals surface area contributed by atoms with E-state index in [2.05, 4.69) is 17.4 Å². The largest absolute Gasteiger partial charge is 0.496 e. The van der Waals surface area contributed by atoms with Crippen LogP contribution in [-0.2, 0) is 5.41 Å². The second-order valence-electron chi connectivity index (χ2n) is 9.38. The standard InChI is InChI=1S/C25H29NO2/c1-16-5-3-4-6-22(16)26-24(27)21-12-20(7-8-23(21)28-2)25-13-17-9-18(14-25)11-19(10-17)15-25/h3-8,12,17-19H,9-11,13-15H2,1-2H3,(H,26,27). The normalized spacial score (nSPS) is 30.3.